The van der Waals surface area contributed by atoms with Gasteiger partial charge in [-0.05, 0) is 56.2 Å². The number of furan rings is 1. The Kier molecular flexibility index (Phi) is 9.20. The molecular weight excluding hydrogens is 517 g/mol. The molecule has 11 heteroatoms. The third-order valence-corrected chi connectivity index (χ3v) is 6.34. The largest absolute Gasteiger partial charge is 0.484 e. The summed E-state index contributed by atoms with van der Waals surface area (Å²) in [5, 5.41) is 3.63. The molecule has 0 aliphatic rings. The summed E-state index contributed by atoms with van der Waals surface area (Å²) < 4.78 is 21.5. The fourth-order valence-corrected chi connectivity index (χ4v) is 4.54. The van der Waals surface area contributed by atoms with Gasteiger partial charge in [0.1, 0.15) is 28.0 Å². The molecule has 0 atom stereocenters. The minimum Gasteiger partial charge on any atom is -0.484 e. The summed E-state index contributed by atoms with van der Waals surface area (Å²) in [6.45, 7) is 5.54. The van der Waals surface area contributed by atoms with E-state index in [2.05, 4.69) is 5.32 Å². The molecule has 35 heavy (non-hydrogen) atoms. The van der Waals surface area contributed by atoms with Crippen molar-refractivity contribution in [2.45, 2.75) is 33.8 Å². The number of amides is 1. The van der Waals surface area contributed by atoms with Gasteiger partial charge in [0.2, 0.25) is 0 Å². The van der Waals surface area contributed by atoms with Crippen molar-refractivity contribution >= 4 is 57.4 Å². The van der Waals surface area contributed by atoms with Gasteiger partial charge in [0.05, 0.1) is 23.8 Å². The van der Waals surface area contributed by atoms with Crippen LogP contribution in [0, 0.1) is 6.92 Å². The molecule has 0 aliphatic heterocycles. The molecule has 1 amide bonds. The summed E-state index contributed by atoms with van der Waals surface area (Å²) >= 11 is 12.9. The van der Waals surface area contributed by atoms with Crippen LogP contribution in [0.4, 0.5) is 5.00 Å². The summed E-state index contributed by atoms with van der Waals surface area (Å²) in [7, 11) is 0. The van der Waals surface area contributed by atoms with Crippen molar-refractivity contribution in [1.82, 2.24) is 0 Å². The number of carbonyl (C=O) groups is 3. The van der Waals surface area contributed by atoms with Crippen molar-refractivity contribution in [3.63, 3.8) is 0 Å². The van der Waals surface area contributed by atoms with Crippen LogP contribution in [-0.2, 0) is 16.1 Å². The summed E-state index contributed by atoms with van der Waals surface area (Å²) in [6.07, 6.45) is 0.625. The maximum Gasteiger partial charge on any atom is 0.348 e. The lowest BCUT2D eigenvalue weighted by Gasteiger charge is -2.07. The number of halogens is 2. The zero-order valence-corrected chi connectivity index (χ0v) is 21.6. The number of benzene rings is 1. The zero-order chi connectivity index (χ0) is 25.5. The van der Waals surface area contributed by atoms with Crippen molar-refractivity contribution in [2.24, 2.45) is 0 Å². The first-order chi connectivity index (χ1) is 16.7. The molecule has 0 unspecified atom stereocenters. The molecule has 3 rings (SSSR count). The van der Waals surface area contributed by atoms with Crippen LogP contribution >= 0.6 is 34.5 Å². The standard InChI is InChI=1S/C24H23Cl2NO7S/c1-4-10-32-23(29)19-13(3)20(24(30)31-5-2)35-22(19)27-21(28)18-9-7-15(34-18)12-33-17-8-6-14(25)11-16(17)26/h6-9,11H,4-5,10,12H2,1-3H3,(H,27,28). The second kappa shape index (κ2) is 12.1. The highest BCUT2D eigenvalue weighted by molar-refractivity contribution is 7.18. The molecule has 2 aromatic heterocycles. The second-order valence-corrected chi connectivity index (χ2v) is 9.06. The highest BCUT2D eigenvalue weighted by atomic mass is 35.5. The molecule has 0 fully saturated rings. The van der Waals surface area contributed by atoms with Gasteiger partial charge in [0.25, 0.3) is 5.91 Å². The molecule has 8 nitrogen and oxygen atoms in total. The van der Waals surface area contributed by atoms with E-state index in [0.717, 1.165) is 11.3 Å². The highest BCUT2D eigenvalue weighted by Gasteiger charge is 2.28. The van der Waals surface area contributed by atoms with Crippen molar-refractivity contribution in [2.75, 3.05) is 18.5 Å². The van der Waals surface area contributed by atoms with Crippen molar-refractivity contribution in [3.8, 4) is 5.75 Å². The van der Waals surface area contributed by atoms with E-state index in [9.17, 15) is 14.4 Å². The lowest BCUT2D eigenvalue weighted by atomic mass is 10.1. The van der Waals surface area contributed by atoms with Crippen LogP contribution < -0.4 is 10.1 Å². The summed E-state index contributed by atoms with van der Waals surface area (Å²) in [5.41, 5.74) is 0.477. The van der Waals surface area contributed by atoms with Crippen molar-refractivity contribution in [3.05, 3.63) is 67.9 Å². The number of anilines is 1. The number of ether oxygens (including phenoxy) is 3. The van der Waals surface area contributed by atoms with Crippen LogP contribution in [0.5, 0.6) is 5.75 Å². The smallest absolute Gasteiger partial charge is 0.348 e. The first-order valence-electron chi connectivity index (χ1n) is 10.7. The number of hydrogen-bond acceptors (Lipinski definition) is 8. The van der Waals surface area contributed by atoms with Gasteiger partial charge in [-0.15, -0.1) is 11.3 Å². The summed E-state index contributed by atoms with van der Waals surface area (Å²) in [6, 6.07) is 7.87. The van der Waals surface area contributed by atoms with Crippen molar-refractivity contribution < 1.29 is 33.0 Å². The summed E-state index contributed by atoms with van der Waals surface area (Å²) in [5.74, 6) is -1.06. The molecular formula is C24H23Cl2NO7S. The Balaban J connectivity index is 1.77. The molecule has 3 aromatic rings. The SMILES string of the molecule is CCCOC(=O)c1c(NC(=O)c2ccc(COc3ccc(Cl)cc3Cl)o2)sc(C(=O)OCC)c1C. The summed E-state index contributed by atoms with van der Waals surface area (Å²) in [4.78, 5) is 38.0. The van der Waals surface area contributed by atoms with Crippen LogP contribution in [0.15, 0.2) is 34.7 Å². The Morgan fingerprint density at radius 3 is 2.51 bits per heavy atom. The van der Waals surface area contributed by atoms with Gasteiger partial charge < -0.3 is 23.9 Å². The van der Waals surface area contributed by atoms with Gasteiger partial charge in [0, 0.05) is 5.02 Å². The quantitative estimate of drug-likeness (QED) is 0.292. The number of thiophene rings is 1. The highest BCUT2D eigenvalue weighted by Crippen LogP contribution is 2.35. The average Bonchev–Trinajstić information content (AvgIpc) is 3.41. The predicted molar refractivity (Wildman–Crippen MR) is 133 cm³/mol. The van der Waals surface area contributed by atoms with Gasteiger partial charge in [-0.25, -0.2) is 9.59 Å². The first kappa shape index (κ1) is 26.6. The maximum atomic E-state index is 12.9. The molecule has 2 heterocycles. The maximum absolute atomic E-state index is 12.9. The van der Waals surface area contributed by atoms with Gasteiger partial charge >= 0.3 is 11.9 Å². The van der Waals surface area contributed by atoms with E-state index >= 15 is 0 Å². The van der Waals surface area contributed by atoms with Crippen LogP contribution in [-0.4, -0.2) is 31.1 Å². The predicted octanol–water partition coefficient (Wildman–Crippen LogP) is 6.53. The Morgan fingerprint density at radius 1 is 1.06 bits per heavy atom. The lowest BCUT2D eigenvalue weighted by molar-refractivity contribution is 0.0506. The minimum absolute atomic E-state index is 0.0117. The fraction of sp³-hybridized carbons (Fsp3) is 0.292. The van der Waals surface area contributed by atoms with E-state index in [0.29, 0.717) is 33.5 Å². The van der Waals surface area contributed by atoms with Crippen LogP contribution in [0.3, 0.4) is 0 Å². The molecule has 0 bridgehead atoms. The Hall–Kier alpha value is -3.01. The molecule has 1 aromatic carbocycles. The van der Waals surface area contributed by atoms with Gasteiger partial charge in [-0.3, -0.25) is 4.79 Å². The van der Waals surface area contributed by atoms with E-state index in [1.807, 2.05) is 6.92 Å². The average molecular weight is 540 g/mol. The first-order valence-corrected chi connectivity index (χ1v) is 12.3. The van der Waals surface area contributed by atoms with Crippen LogP contribution in [0.2, 0.25) is 10.0 Å². The Morgan fingerprint density at radius 2 is 1.83 bits per heavy atom. The number of rotatable bonds is 10. The van der Waals surface area contributed by atoms with Gasteiger partial charge in [-0.2, -0.15) is 0 Å². The monoisotopic (exact) mass is 539 g/mol. The minimum atomic E-state index is -0.639. The molecule has 0 aliphatic carbocycles. The van der Waals surface area contributed by atoms with E-state index in [1.54, 1.807) is 38.1 Å². The second-order valence-electron chi connectivity index (χ2n) is 7.20. The lowest BCUT2D eigenvalue weighted by Crippen LogP contribution is -2.14. The number of hydrogen-bond donors (Lipinski definition) is 1. The van der Waals surface area contributed by atoms with E-state index in [4.69, 9.17) is 41.8 Å². The van der Waals surface area contributed by atoms with Crippen LogP contribution in [0.1, 0.15) is 62.2 Å². The number of carbonyl (C=O) groups excluding carboxylic acids is 3. The molecule has 0 radical (unpaired) electrons. The Bertz CT molecular complexity index is 1230. The van der Waals surface area contributed by atoms with E-state index < -0.39 is 17.8 Å². The molecule has 0 spiro atoms. The molecule has 0 saturated carbocycles. The number of esters is 2. The third-order valence-electron chi connectivity index (χ3n) is 4.63. The fourth-order valence-electron chi connectivity index (χ4n) is 2.99. The molecule has 186 valence electrons. The van der Waals surface area contributed by atoms with Crippen molar-refractivity contribution in [1.29, 1.82) is 0 Å². The third kappa shape index (κ3) is 6.56. The number of nitrogens with one attached hydrogen (secondary N) is 1. The molecule has 1 N–H and O–H groups in total. The zero-order valence-electron chi connectivity index (χ0n) is 19.2. The Labute approximate surface area is 216 Å². The van der Waals surface area contributed by atoms with Crippen LogP contribution in [0.25, 0.3) is 0 Å². The topological polar surface area (TPSA) is 104 Å². The van der Waals surface area contributed by atoms with E-state index in [-0.39, 0.29) is 41.0 Å². The molecule has 0 saturated heterocycles. The van der Waals surface area contributed by atoms with Gasteiger partial charge in [0.15, 0.2) is 5.76 Å². The van der Waals surface area contributed by atoms with Gasteiger partial charge in [-0.1, -0.05) is 30.1 Å². The van der Waals surface area contributed by atoms with E-state index in [1.165, 1.54) is 6.07 Å². The normalized spacial score (nSPS) is 10.7.